The van der Waals surface area contributed by atoms with Crippen LogP contribution in [0.15, 0.2) is 0 Å². The Bertz CT molecular complexity index is 243. The quantitative estimate of drug-likeness (QED) is 0.511. The van der Waals surface area contributed by atoms with Gasteiger partial charge in [0.25, 0.3) is 0 Å². The maximum Gasteiger partial charge on any atom is 0.305 e. The van der Waals surface area contributed by atoms with Gasteiger partial charge in [-0.3, -0.25) is 4.79 Å². The van der Waals surface area contributed by atoms with Crippen LogP contribution in [0, 0.1) is 0 Å². The van der Waals surface area contributed by atoms with Crippen molar-refractivity contribution in [2.75, 3.05) is 6.61 Å². The highest BCUT2D eigenvalue weighted by Gasteiger charge is 2.21. The number of esters is 1. The summed E-state index contributed by atoms with van der Waals surface area (Å²) in [6, 6.07) is 1.20. The van der Waals surface area contributed by atoms with Crippen molar-refractivity contribution in [1.29, 1.82) is 0 Å². The molecule has 1 saturated heterocycles. The fourth-order valence-electron chi connectivity index (χ4n) is 2.91. The summed E-state index contributed by atoms with van der Waals surface area (Å²) < 4.78 is 4.98. The van der Waals surface area contributed by atoms with E-state index in [-0.39, 0.29) is 5.97 Å². The summed E-state index contributed by atoms with van der Waals surface area (Å²) in [6.07, 6.45) is 12.0. The van der Waals surface area contributed by atoms with Gasteiger partial charge in [0.1, 0.15) is 0 Å². The van der Waals surface area contributed by atoms with Gasteiger partial charge in [0.05, 0.1) is 6.61 Å². The van der Waals surface area contributed by atoms with Crippen LogP contribution in [0.2, 0.25) is 0 Å². The first-order valence-electron chi connectivity index (χ1n) is 8.18. The molecule has 0 spiro atoms. The fraction of sp³-hybridized carbons (Fsp3) is 0.938. The topological polar surface area (TPSA) is 38.3 Å². The Morgan fingerprint density at radius 3 is 2.53 bits per heavy atom. The molecule has 0 amide bonds. The van der Waals surface area contributed by atoms with E-state index in [1.807, 2.05) is 6.92 Å². The van der Waals surface area contributed by atoms with E-state index < -0.39 is 0 Å². The number of carbonyl (C=O) groups is 1. The lowest BCUT2D eigenvalue weighted by Gasteiger charge is -2.31. The normalized spacial score (nSPS) is 23.3. The summed E-state index contributed by atoms with van der Waals surface area (Å²) in [4.78, 5) is 11.4. The number of nitrogens with one attached hydrogen (secondary N) is 1. The van der Waals surface area contributed by atoms with Crippen LogP contribution in [0.1, 0.15) is 78.1 Å². The Kier molecular flexibility index (Phi) is 8.89. The van der Waals surface area contributed by atoms with Crippen molar-refractivity contribution in [2.24, 2.45) is 0 Å². The Balaban J connectivity index is 2.13. The van der Waals surface area contributed by atoms with E-state index >= 15 is 0 Å². The number of ether oxygens (including phenoxy) is 1. The van der Waals surface area contributed by atoms with Gasteiger partial charge in [-0.05, 0) is 32.6 Å². The van der Waals surface area contributed by atoms with Crippen molar-refractivity contribution in [3.8, 4) is 0 Å². The van der Waals surface area contributed by atoms with Gasteiger partial charge in [-0.1, -0.05) is 39.0 Å². The number of hydrogen-bond acceptors (Lipinski definition) is 3. The second kappa shape index (κ2) is 10.2. The number of hydrogen-bond donors (Lipinski definition) is 1. The van der Waals surface area contributed by atoms with E-state index in [2.05, 4.69) is 12.2 Å². The number of carbonyl (C=O) groups excluding carboxylic acids is 1. The lowest BCUT2D eigenvalue weighted by Crippen LogP contribution is -2.42. The van der Waals surface area contributed by atoms with Crippen LogP contribution in [0.3, 0.4) is 0 Å². The molecule has 1 N–H and O–H groups in total. The lowest BCUT2D eigenvalue weighted by molar-refractivity contribution is -0.143. The lowest BCUT2D eigenvalue weighted by atomic mass is 9.92. The molecule has 1 aliphatic rings. The van der Waals surface area contributed by atoms with E-state index in [1.54, 1.807) is 0 Å². The Morgan fingerprint density at radius 1 is 1.11 bits per heavy atom. The molecule has 0 radical (unpaired) electrons. The molecular formula is C16H31NO2. The molecule has 0 aromatic heterocycles. The largest absolute Gasteiger partial charge is 0.466 e. The fourth-order valence-corrected chi connectivity index (χ4v) is 2.91. The molecule has 112 valence electrons. The molecular weight excluding hydrogens is 238 g/mol. The average molecular weight is 269 g/mol. The standard InChI is InChI=1S/C16H31NO2/c1-3-5-6-7-9-14-10-8-11-15(17-14)12-13-16(18)19-4-2/h14-15,17H,3-13H2,1-2H3/t14-,15+/m1/s1. The van der Waals surface area contributed by atoms with E-state index in [0.29, 0.717) is 25.1 Å². The van der Waals surface area contributed by atoms with Crippen molar-refractivity contribution in [3.05, 3.63) is 0 Å². The summed E-state index contributed by atoms with van der Waals surface area (Å²) in [6.45, 7) is 4.62. The van der Waals surface area contributed by atoms with Gasteiger partial charge < -0.3 is 10.1 Å². The number of unbranched alkanes of at least 4 members (excludes halogenated alkanes) is 3. The molecule has 1 rings (SSSR count). The molecule has 1 fully saturated rings. The minimum absolute atomic E-state index is 0.0469. The zero-order valence-electron chi connectivity index (χ0n) is 12.7. The second-order valence-corrected chi connectivity index (χ2v) is 5.68. The van der Waals surface area contributed by atoms with Crippen LogP contribution < -0.4 is 5.32 Å². The molecule has 3 nitrogen and oxygen atoms in total. The van der Waals surface area contributed by atoms with Gasteiger partial charge in [0, 0.05) is 18.5 Å². The third-order valence-electron chi connectivity index (χ3n) is 3.98. The molecule has 0 unspecified atom stereocenters. The highest BCUT2D eigenvalue weighted by Crippen LogP contribution is 2.20. The van der Waals surface area contributed by atoms with Crippen LogP contribution >= 0.6 is 0 Å². The first kappa shape index (κ1) is 16.5. The monoisotopic (exact) mass is 269 g/mol. The third-order valence-corrected chi connectivity index (χ3v) is 3.98. The predicted octanol–water partition coefficient (Wildman–Crippen LogP) is 3.81. The van der Waals surface area contributed by atoms with Crippen molar-refractivity contribution >= 4 is 5.97 Å². The van der Waals surface area contributed by atoms with Crippen molar-refractivity contribution in [3.63, 3.8) is 0 Å². The van der Waals surface area contributed by atoms with Gasteiger partial charge in [-0.15, -0.1) is 0 Å². The van der Waals surface area contributed by atoms with Crippen LogP contribution in [-0.4, -0.2) is 24.7 Å². The number of piperidine rings is 1. The maximum atomic E-state index is 11.4. The smallest absolute Gasteiger partial charge is 0.305 e. The van der Waals surface area contributed by atoms with E-state index in [1.165, 1.54) is 51.4 Å². The predicted molar refractivity (Wildman–Crippen MR) is 79.2 cm³/mol. The van der Waals surface area contributed by atoms with Crippen LogP contribution in [0.25, 0.3) is 0 Å². The van der Waals surface area contributed by atoms with Gasteiger partial charge in [0.15, 0.2) is 0 Å². The molecule has 1 heterocycles. The van der Waals surface area contributed by atoms with Gasteiger partial charge in [0.2, 0.25) is 0 Å². The van der Waals surface area contributed by atoms with Crippen molar-refractivity contribution in [1.82, 2.24) is 5.32 Å². The first-order chi connectivity index (χ1) is 9.26. The summed E-state index contributed by atoms with van der Waals surface area (Å²) in [5.41, 5.74) is 0. The Morgan fingerprint density at radius 2 is 1.84 bits per heavy atom. The van der Waals surface area contributed by atoms with Crippen molar-refractivity contribution in [2.45, 2.75) is 90.1 Å². The minimum atomic E-state index is -0.0469. The van der Waals surface area contributed by atoms with Crippen LogP contribution in [-0.2, 0) is 9.53 Å². The van der Waals surface area contributed by atoms with Gasteiger partial charge >= 0.3 is 5.97 Å². The highest BCUT2D eigenvalue weighted by molar-refractivity contribution is 5.69. The SMILES string of the molecule is CCCCCC[C@@H]1CCC[C@@H](CCC(=O)OCC)N1. The third kappa shape index (κ3) is 7.56. The molecule has 0 bridgehead atoms. The summed E-state index contributed by atoms with van der Waals surface area (Å²) >= 11 is 0. The van der Waals surface area contributed by atoms with E-state index in [4.69, 9.17) is 4.74 Å². The molecule has 0 aliphatic carbocycles. The molecule has 3 heteroatoms. The first-order valence-corrected chi connectivity index (χ1v) is 8.18. The van der Waals surface area contributed by atoms with Crippen LogP contribution in [0.4, 0.5) is 0 Å². The molecule has 2 atom stereocenters. The summed E-state index contributed by atoms with van der Waals surface area (Å²) in [5, 5.41) is 3.72. The van der Waals surface area contributed by atoms with Gasteiger partial charge in [-0.25, -0.2) is 0 Å². The van der Waals surface area contributed by atoms with Gasteiger partial charge in [-0.2, -0.15) is 0 Å². The zero-order valence-corrected chi connectivity index (χ0v) is 12.7. The average Bonchev–Trinajstić information content (AvgIpc) is 2.42. The molecule has 1 aliphatic heterocycles. The van der Waals surface area contributed by atoms with Crippen molar-refractivity contribution < 1.29 is 9.53 Å². The molecule has 19 heavy (non-hydrogen) atoms. The van der Waals surface area contributed by atoms with E-state index in [9.17, 15) is 4.79 Å². The Labute approximate surface area is 118 Å². The highest BCUT2D eigenvalue weighted by atomic mass is 16.5. The maximum absolute atomic E-state index is 11.4. The Hall–Kier alpha value is -0.570. The minimum Gasteiger partial charge on any atom is -0.466 e. The second-order valence-electron chi connectivity index (χ2n) is 5.68. The molecule has 0 saturated carbocycles. The van der Waals surface area contributed by atoms with Crippen LogP contribution in [0.5, 0.6) is 0 Å². The zero-order chi connectivity index (χ0) is 13.9. The molecule has 0 aromatic carbocycles. The summed E-state index contributed by atoms with van der Waals surface area (Å²) in [7, 11) is 0. The number of rotatable bonds is 9. The molecule has 0 aromatic rings. The van der Waals surface area contributed by atoms with E-state index in [0.717, 1.165) is 6.42 Å². The summed E-state index contributed by atoms with van der Waals surface area (Å²) in [5.74, 6) is -0.0469.